The first-order valence-corrected chi connectivity index (χ1v) is 5.70. The minimum Gasteiger partial charge on any atom is -0.508 e. The van der Waals surface area contributed by atoms with E-state index in [9.17, 15) is 5.11 Å². The van der Waals surface area contributed by atoms with E-state index in [4.69, 9.17) is 9.84 Å². The number of aromatic nitrogens is 2. The van der Waals surface area contributed by atoms with Crippen LogP contribution >= 0.6 is 0 Å². The standard InChI is InChI=1S/C13H16N2O3/c1-9-12(6-7-16)13(18-2)15(14-9)10-4-3-5-11(17)8-10/h3-5,8,16-17H,6-7H2,1-2H3. The molecular formula is C13H16N2O3. The van der Waals surface area contributed by atoms with Crippen molar-refractivity contribution in [2.24, 2.45) is 0 Å². The lowest BCUT2D eigenvalue weighted by molar-refractivity contribution is 0.295. The lowest BCUT2D eigenvalue weighted by Gasteiger charge is -2.07. The van der Waals surface area contributed by atoms with Crippen LogP contribution in [0, 0.1) is 6.92 Å². The van der Waals surface area contributed by atoms with Crippen molar-refractivity contribution in [2.75, 3.05) is 13.7 Å². The van der Waals surface area contributed by atoms with Crippen LogP contribution in [0.5, 0.6) is 11.6 Å². The van der Waals surface area contributed by atoms with E-state index in [0.29, 0.717) is 12.3 Å². The van der Waals surface area contributed by atoms with Crippen LogP contribution in [0.3, 0.4) is 0 Å². The number of phenolic OH excluding ortho intramolecular Hbond substituents is 1. The fourth-order valence-corrected chi connectivity index (χ4v) is 1.95. The van der Waals surface area contributed by atoms with Gasteiger partial charge in [0.15, 0.2) is 0 Å². The van der Waals surface area contributed by atoms with Gasteiger partial charge in [0.25, 0.3) is 0 Å². The summed E-state index contributed by atoms with van der Waals surface area (Å²) in [6.45, 7) is 1.91. The molecule has 1 aromatic heterocycles. The van der Waals surface area contributed by atoms with Gasteiger partial charge in [-0.05, 0) is 19.1 Å². The molecule has 0 unspecified atom stereocenters. The predicted octanol–water partition coefficient (Wildman–Crippen LogP) is 1.43. The highest BCUT2D eigenvalue weighted by Crippen LogP contribution is 2.27. The number of phenols is 1. The molecule has 0 spiro atoms. The van der Waals surface area contributed by atoms with Gasteiger partial charge < -0.3 is 14.9 Å². The maximum atomic E-state index is 9.50. The Morgan fingerprint density at radius 2 is 2.17 bits per heavy atom. The van der Waals surface area contributed by atoms with E-state index in [2.05, 4.69) is 5.10 Å². The van der Waals surface area contributed by atoms with Crippen LogP contribution in [0.1, 0.15) is 11.3 Å². The van der Waals surface area contributed by atoms with Gasteiger partial charge in [0, 0.05) is 24.7 Å². The number of methoxy groups -OCH3 is 1. The van der Waals surface area contributed by atoms with Crippen LogP contribution in [0.2, 0.25) is 0 Å². The second kappa shape index (κ2) is 5.10. The molecule has 5 nitrogen and oxygen atoms in total. The van der Waals surface area contributed by atoms with Crippen molar-refractivity contribution in [3.63, 3.8) is 0 Å². The molecule has 0 atom stereocenters. The molecule has 2 aromatic rings. The van der Waals surface area contributed by atoms with Gasteiger partial charge in [0.05, 0.1) is 18.5 Å². The average Bonchev–Trinajstić information content (AvgIpc) is 2.67. The van der Waals surface area contributed by atoms with Crippen molar-refractivity contribution in [3.05, 3.63) is 35.5 Å². The van der Waals surface area contributed by atoms with Crippen molar-refractivity contribution in [3.8, 4) is 17.3 Å². The Bertz CT molecular complexity index is 549. The molecule has 1 aromatic carbocycles. The molecule has 0 fully saturated rings. The van der Waals surface area contributed by atoms with Crippen molar-refractivity contribution >= 4 is 0 Å². The van der Waals surface area contributed by atoms with Crippen molar-refractivity contribution in [1.29, 1.82) is 0 Å². The van der Waals surface area contributed by atoms with Crippen LogP contribution in [0.15, 0.2) is 24.3 Å². The molecule has 0 aliphatic carbocycles. The highest BCUT2D eigenvalue weighted by molar-refractivity contribution is 5.44. The van der Waals surface area contributed by atoms with Crippen LogP contribution in [0.25, 0.3) is 5.69 Å². The molecule has 5 heteroatoms. The zero-order chi connectivity index (χ0) is 13.1. The van der Waals surface area contributed by atoms with Gasteiger partial charge in [-0.1, -0.05) is 6.07 Å². The number of aryl methyl sites for hydroxylation is 1. The first kappa shape index (κ1) is 12.4. The summed E-state index contributed by atoms with van der Waals surface area (Å²) in [5, 5.41) is 22.9. The number of aliphatic hydroxyl groups excluding tert-OH is 1. The van der Waals surface area contributed by atoms with E-state index in [1.54, 1.807) is 30.0 Å². The second-order valence-corrected chi connectivity index (χ2v) is 3.98. The predicted molar refractivity (Wildman–Crippen MR) is 67.3 cm³/mol. The zero-order valence-corrected chi connectivity index (χ0v) is 10.4. The van der Waals surface area contributed by atoms with E-state index in [1.807, 2.05) is 13.0 Å². The summed E-state index contributed by atoms with van der Waals surface area (Å²) in [4.78, 5) is 0. The minimum absolute atomic E-state index is 0.0446. The summed E-state index contributed by atoms with van der Waals surface area (Å²) in [6.07, 6.45) is 0.494. The molecular weight excluding hydrogens is 232 g/mol. The number of hydrogen-bond donors (Lipinski definition) is 2. The number of ether oxygens (including phenoxy) is 1. The van der Waals surface area contributed by atoms with E-state index in [1.165, 1.54) is 0 Å². The van der Waals surface area contributed by atoms with E-state index >= 15 is 0 Å². The zero-order valence-electron chi connectivity index (χ0n) is 10.4. The molecule has 2 rings (SSSR count). The largest absolute Gasteiger partial charge is 0.508 e. The van der Waals surface area contributed by atoms with Crippen LogP contribution < -0.4 is 4.74 Å². The lowest BCUT2D eigenvalue weighted by atomic mass is 10.2. The Morgan fingerprint density at radius 3 is 2.78 bits per heavy atom. The minimum atomic E-state index is 0.0446. The highest BCUT2D eigenvalue weighted by atomic mass is 16.5. The van der Waals surface area contributed by atoms with Gasteiger partial charge >= 0.3 is 0 Å². The first-order valence-electron chi connectivity index (χ1n) is 5.70. The van der Waals surface area contributed by atoms with E-state index in [0.717, 1.165) is 16.9 Å². The van der Waals surface area contributed by atoms with E-state index < -0.39 is 0 Å². The molecule has 1 heterocycles. The smallest absolute Gasteiger partial charge is 0.220 e. The fraction of sp³-hybridized carbons (Fsp3) is 0.308. The van der Waals surface area contributed by atoms with Gasteiger partial charge in [0.2, 0.25) is 5.88 Å². The molecule has 0 saturated carbocycles. The summed E-state index contributed by atoms with van der Waals surface area (Å²) in [5.74, 6) is 0.763. The summed E-state index contributed by atoms with van der Waals surface area (Å²) in [5.41, 5.74) is 2.41. The number of aliphatic hydroxyl groups is 1. The lowest BCUT2D eigenvalue weighted by Crippen LogP contribution is -2.01. The van der Waals surface area contributed by atoms with Gasteiger partial charge in [-0.3, -0.25) is 0 Å². The number of rotatable bonds is 4. The molecule has 96 valence electrons. The quantitative estimate of drug-likeness (QED) is 0.859. The van der Waals surface area contributed by atoms with Crippen molar-refractivity contribution in [1.82, 2.24) is 9.78 Å². The highest BCUT2D eigenvalue weighted by Gasteiger charge is 2.16. The van der Waals surface area contributed by atoms with Crippen molar-refractivity contribution < 1.29 is 14.9 Å². The number of aromatic hydroxyl groups is 1. The molecule has 0 amide bonds. The third-order valence-electron chi connectivity index (χ3n) is 2.77. The summed E-state index contributed by atoms with van der Waals surface area (Å²) < 4.78 is 6.98. The first-order chi connectivity index (χ1) is 8.67. The second-order valence-electron chi connectivity index (χ2n) is 3.98. The molecule has 0 saturated heterocycles. The van der Waals surface area contributed by atoms with Crippen LogP contribution in [-0.4, -0.2) is 33.7 Å². The van der Waals surface area contributed by atoms with Gasteiger partial charge in [-0.25, -0.2) is 4.68 Å². The van der Waals surface area contributed by atoms with Gasteiger partial charge in [-0.15, -0.1) is 0 Å². The topological polar surface area (TPSA) is 67.5 Å². The Labute approximate surface area is 105 Å². The molecule has 0 aliphatic rings. The monoisotopic (exact) mass is 248 g/mol. The number of nitrogens with zero attached hydrogens (tertiary/aromatic N) is 2. The Balaban J connectivity index is 2.54. The maximum absolute atomic E-state index is 9.50. The Kier molecular flexibility index (Phi) is 3.53. The molecule has 0 bridgehead atoms. The summed E-state index contributed by atoms with van der Waals surface area (Å²) in [7, 11) is 1.57. The third kappa shape index (κ3) is 2.17. The van der Waals surface area contributed by atoms with Gasteiger partial charge in [-0.2, -0.15) is 5.10 Å². The van der Waals surface area contributed by atoms with Gasteiger partial charge in [0.1, 0.15) is 5.75 Å². The molecule has 18 heavy (non-hydrogen) atoms. The third-order valence-corrected chi connectivity index (χ3v) is 2.77. The average molecular weight is 248 g/mol. The van der Waals surface area contributed by atoms with Crippen LogP contribution in [-0.2, 0) is 6.42 Å². The summed E-state index contributed by atoms with van der Waals surface area (Å²) in [6, 6.07) is 6.78. The Hall–Kier alpha value is -2.01. The molecule has 2 N–H and O–H groups in total. The number of benzene rings is 1. The fourth-order valence-electron chi connectivity index (χ4n) is 1.95. The number of hydrogen-bond acceptors (Lipinski definition) is 4. The van der Waals surface area contributed by atoms with E-state index in [-0.39, 0.29) is 12.4 Å². The SMILES string of the molecule is COc1c(CCO)c(C)nn1-c1cccc(O)c1. The Morgan fingerprint density at radius 1 is 1.39 bits per heavy atom. The van der Waals surface area contributed by atoms with Crippen molar-refractivity contribution in [2.45, 2.75) is 13.3 Å². The summed E-state index contributed by atoms with van der Waals surface area (Å²) >= 11 is 0. The molecule has 0 radical (unpaired) electrons. The van der Waals surface area contributed by atoms with Crippen LogP contribution in [0.4, 0.5) is 0 Å². The maximum Gasteiger partial charge on any atom is 0.220 e. The molecule has 0 aliphatic heterocycles. The normalized spacial score (nSPS) is 10.6.